The smallest absolute Gasteiger partial charge is 0.319 e. The number of hydrogen-bond acceptors (Lipinski definition) is 3. The maximum absolute atomic E-state index is 10.7. The van der Waals surface area contributed by atoms with E-state index < -0.39 is 0 Å². The molecule has 1 fully saturated rings. The van der Waals surface area contributed by atoms with Crippen molar-refractivity contribution in [2.75, 3.05) is 13.7 Å². The average Bonchev–Trinajstić information content (AvgIpc) is 1.96. The van der Waals surface area contributed by atoms with Crippen molar-refractivity contribution in [1.82, 2.24) is 5.32 Å². The molecule has 0 heterocycles. The highest BCUT2D eigenvalue weighted by Gasteiger charge is 2.31. The summed E-state index contributed by atoms with van der Waals surface area (Å²) in [6.45, 7) is 2.48. The molecule has 1 rings (SSSR count). The van der Waals surface area contributed by atoms with Crippen LogP contribution in [0.1, 0.15) is 26.2 Å². The van der Waals surface area contributed by atoms with E-state index in [0.29, 0.717) is 6.54 Å². The van der Waals surface area contributed by atoms with Gasteiger partial charge in [-0.15, -0.1) is 0 Å². The van der Waals surface area contributed by atoms with E-state index >= 15 is 0 Å². The van der Waals surface area contributed by atoms with Gasteiger partial charge in [0.2, 0.25) is 0 Å². The van der Waals surface area contributed by atoms with Gasteiger partial charge in [-0.25, -0.2) is 0 Å². The van der Waals surface area contributed by atoms with Gasteiger partial charge in [0.15, 0.2) is 0 Å². The Bertz CT molecular complexity index is 152. The molecule has 0 bridgehead atoms. The summed E-state index contributed by atoms with van der Waals surface area (Å²) in [4.78, 5) is 10.7. The maximum Gasteiger partial charge on any atom is 0.319 e. The Morgan fingerprint density at radius 2 is 2.27 bits per heavy atom. The Morgan fingerprint density at radius 3 is 2.64 bits per heavy atom. The molecule has 3 nitrogen and oxygen atoms in total. The van der Waals surface area contributed by atoms with Crippen molar-refractivity contribution in [2.24, 2.45) is 0 Å². The second kappa shape index (κ2) is 3.22. The molecule has 64 valence electrons. The largest absolute Gasteiger partial charge is 0.468 e. The number of methoxy groups -OCH3 is 1. The fraction of sp³-hybridized carbons (Fsp3) is 0.875. The molecule has 1 saturated carbocycles. The monoisotopic (exact) mass is 157 g/mol. The summed E-state index contributed by atoms with van der Waals surface area (Å²) in [7, 11) is 1.41. The van der Waals surface area contributed by atoms with Crippen LogP contribution in [-0.2, 0) is 9.53 Å². The predicted octanol–water partition coefficient (Wildman–Crippen LogP) is 0.692. The minimum Gasteiger partial charge on any atom is -0.468 e. The second-order valence-corrected chi connectivity index (χ2v) is 3.34. The molecule has 0 aliphatic heterocycles. The first-order chi connectivity index (χ1) is 5.16. The number of carbonyl (C=O) groups is 1. The van der Waals surface area contributed by atoms with Gasteiger partial charge in [0.05, 0.1) is 13.7 Å². The van der Waals surface area contributed by atoms with E-state index in [-0.39, 0.29) is 11.5 Å². The quantitative estimate of drug-likeness (QED) is 0.612. The van der Waals surface area contributed by atoms with E-state index in [1.54, 1.807) is 0 Å². The Morgan fingerprint density at radius 1 is 1.64 bits per heavy atom. The normalized spacial score (nSPS) is 20.5. The van der Waals surface area contributed by atoms with Gasteiger partial charge >= 0.3 is 5.97 Å². The van der Waals surface area contributed by atoms with E-state index in [4.69, 9.17) is 0 Å². The molecule has 11 heavy (non-hydrogen) atoms. The minimum absolute atomic E-state index is 0.182. The van der Waals surface area contributed by atoms with Crippen LogP contribution < -0.4 is 5.32 Å². The van der Waals surface area contributed by atoms with Crippen molar-refractivity contribution < 1.29 is 9.53 Å². The Hall–Kier alpha value is -0.570. The fourth-order valence-corrected chi connectivity index (χ4v) is 1.24. The summed E-state index contributed by atoms with van der Waals surface area (Å²) in [5.74, 6) is -0.182. The number of hydrogen-bond donors (Lipinski definition) is 1. The van der Waals surface area contributed by atoms with E-state index in [2.05, 4.69) is 17.0 Å². The third-order valence-corrected chi connectivity index (χ3v) is 2.34. The van der Waals surface area contributed by atoms with Crippen LogP contribution in [0.2, 0.25) is 0 Å². The van der Waals surface area contributed by atoms with Gasteiger partial charge in [-0.3, -0.25) is 4.79 Å². The zero-order valence-electron chi connectivity index (χ0n) is 7.14. The molecular formula is C8H15NO2. The van der Waals surface area contributed by atoms with Crippen molar-refractivity contribution in [3.63, 3.8) is 0 Å². The number of carbonyl (C=O) groups excluding carboxylic acids is 1. The Kier molecular flexibility index (Phi) is 2.49. The van der Waals surface area contributed by atoms with Gasteiger partial charge in [0.25, 0.3) is 0 Å². The standard InChI is InChI=1S/C8H15NO2/c1-8(4-3-5-8)9-6-7(10)11-2/h9H,3-6H2,1-2H3. The predicted molar refractivity (Wildman–Crippen MR) is 42.3 cm³/mol. The Labute approximate surface area is 67.1 Å². The van der Waals surface area contributed by atoms with Crippen molar-refractivity contribution in [3.8, 4) is 0 Å². The van der Waals surface area contributed by atoms with Gasteiger partial charge in [-0.1, -0.05) is 0 Å². The molecule has 3 heteroatoms. The van der Waals surface area contributed by atoms with Crippen molar-refractivity contribution in [3.05, 3.63) is 0 Å². The molecule has 0 amide bonds. The zero-order chi connectivity index (χ0) is 8.32. The molecule has 1 aliphatic carbocycles. The molecule has 0 spiro atoms. The van der Waals surface area contributed by atoms with Crippen LogP contribution in [-0.4, -0.2) is 25.2 Å². The lowest BCUT2D eigenvalue weighted by atomic mass is 9.78. The number of ether oxygens (including phenoxy) is 1. The number of rotatable bonds is 3. The third-order valence-electron chi connectivity index (χ3n) is 2.34. The second-order valence-electron chi connectivity index (χ2n) is 3.34. The summed E-state index contributed by atoms with van der Waals surface area (Å²) in [5, 5.41) is 3.17. The molecule has 0 atom stereocenters. The van der Waals surface area contributed by atoms with E-state index in [0.717, 1.165) is 0 Å². The van der Waals surface area contributed by atoms with Crippen LogP contribution in [0.5, 0.6) is 0 Å². The highest BCUT2D eigenvalue weighted by molar-refractivity contribution is 5.71. The lowest BCUT2D eigenvalue weighted by molar-refractivity contribution is -0.140. The van der Waals surface area contributed by atoms with Gasteiger partial charge in [-0.2, -0.15) is 0 Å². The lowest BCUT2D eigenvalue weighted by Crippen LogP contribution is -2.50. The van der Waals surface area contributed by atoms with Crippen molar-refractivity contribution in [2.45, 2.75) is 31.7 Å². The molecule has 0 aromatic heterocycles. The summed E-state index contributed by atoms with van der Waals surface area (Å²) in [5.41, 5.74) is 0.203. The lowest BCUT2D eigenvalue weighted by Gasteiger charge is -2.39. The highest BCUT2D eigenvalue weighted by Crippen LogP contribution is 2.30. The highest BCUT2D eigenvalue weighted by atomic mass is 16.5. The Balaban J connectivity index is 2.16. The minimum atomic E-state index is -0.182. The molecule has 0 aromatic carbocycles. The van der Waals surface area contributed by atoms with E-state index in [1.807, 2.05) is 0 Å². The van der Waals surface area contributed by atoms with Crippen LogP contribution in [0.25, 0.3) is 0 Å². The molecule has 1 aliphatic rings. The molecular weight excluding hydrogens is 142 g/mol. The maximum atomic E-state index is 10.7. The SMILES string of the molecule is COC(=O)CNC1(C)CCC1. The molecule has 1 N–H and O–H groups in total. The average molecular weight is 157 g/mol. The summed E-state index contributed by atoms with van der Waals surface area (Å²) in [6.07, 6.45) is 3.61. The van der Waals surface area contributed by atoms with Gasteiger partial charge in [0, 0.05) is 5.54 Å². The van der Waals surface area contributed by atoms with Crippen molar-refractivity contribution in [1.29, 1.82) is 0 Å². The number of esters is 1. The zero-order valence-corrected chi connectivity index (χ0v) is 7.14. The van der Waals surface area contributed by atoms with Crippen LogP contribution >= 0.6 is 0 Å². The van der Waals surface area contributed by atoms with Crippen LogP contribution in [0.4, 0.5) is 0 Å². The summed E-state index contributed by atoms with van der Waals surface area (Å²) >= 11 is 0. The molecule has 0 saturated heterocycles. The molecule has 0 aromatic rings. The van der Waals surface area contributed by atoms with Crippen molar-refractivity contribution >= 4 is 5.97 Å². The summed E-state index contributed by atoms with van der Waals surface area (Å²) in [6, 6.07) is 0. The van der Waals surface area contributed by atoms with Gasteiger partial charge in [-0.05, 0) is 26.2 Å². The number of nitrogens with one attached hydrogen (secondary N) is 1. The first kappa shape index (κ1) is 8.53. The van der Waals surface area contributed by atoms with Crippen LogP contribution in [0, 0.1) is 0 Å². The first-order valence-electron chi connectivity index (χ1n) is 3.98. The fourth-order valence-electron chi connectivity index (χ4n) is 1.24. The summed E-state index contributed by atoms with van der Waals surface area (Å²) < 4.78 is 4.51. The van der Waals surface area contributed by atoms with E-state index in [1.165, 1.54) is 26.4 Å². The topological polar surface area (TPSA) is 38.3 Å². The van der Waals surface area contributed by atoms with Crippen LogP contribution in [0.3, 0.4) is 0 Å². The van der Waals surface area contributed by atoms with Gasteiger partial charge in [0.1, 0.15) is 0 Å². The molecule has 0 radical (unpaired) electrons. The molecule has 0 unspecified atom stereocenters. The van der Waals surface area contributed by atoms with Gasteiger partial charge < -0.3 is 10.1 Å². The van der Waals surface area contributed by atoms with E-state index in [9.17, 15) is 4.79 Å². The van der Waals surface area contributed by atoms with Crippen LogP contribution in [0.15, 0.2) is 0 Å². The third kappa shape index (κ3) is 2.19. The first-order valence-corrected chi connectivity index (χ1v) is 3.98.